The van der Waals surface area contributed by atoms with Crippen molar-refractivity contribution in [1.29, 1.82) is 5.26 Å². The minimum Gasteiger partial charge on any atom is -0.322 e. The smallest absolute Gasteiger partial charge is 0.322 e. The Morgan fingerprint density at radius 1 is 0.941 bits per heavy atom. The Morgan fingerprint density at radius 3 is 2.35 bits per heavy atom. The number of carbonyl (C=O) groups is 2. The van der Waals surface area contributed by atoms with Gasteiger partial charge in [-0.25, -0.2) is 4.79 Å². The Morgan fingerprint density at radius 2 is 1.68 bits per heavy atom. The Hall–Kier alpha value is -3.67. The van der Waals surface area contributed by atoms with Crippen LogP contribution in [0.5, 0.6) is 0 Å². The molecule has 1 heterocycles. The van der Waals surface area contributed by atoms with Crippen LogP contribution in [0, 0.1) is 11.3 Å². The van der Waals surface area contributed by atoms with E-state index in [0.717, 1.165) is 24.5 Å². The molecule has 0 saturated heterocycles. The van der Waals surface area contributed by atoms with Gasteiger partial charge < -0.3 is 20.4 Å². The van der Waals surface area contributed by atoms with Gasteiger partial charge in [-0.15, -0.1) is 11.3 Å². The molecule has 176 valence electrons. The van der Waals surface area contributed by atoms with Crippen LogP contribution in [0.3, 0.4) is 0 Å². The van der Waals surface area contributed by atoms with Gasteiger partial charge in [0.05, 0.1) is 18.2 Å². The van der Waals surface area contributed by atoms with Crippen molar-refractivity contribution in [3.05, 3.63) is 82.0 Å². The molecule has 3 rings (SSSR count). The molecule has 7 nitrogen and oxygen atoms in total. The van der Waals surface area contributed by atoms with Gasteiger partial charge in [0, 0.05) is 34.9 Å². The van der Waals surface area contributed by atoms with Crippen LogP contribution in [0.25, 0.3) is 0 Å². The zero-order chi connectivity index (χ0) is 24.3. The van der Waals surface area contributed by atoms with Crippen molar-refractivity contribution >= 4 is 34.6 Å². The van der Waals surface area contributed by atoms with Crippen molar-refractivity contribution in [3.8, 4) is 6.07 Å². The molecule has 0 aliphatic heterocycles. The second-order valence-electron chi connectivity index (χ2n) is 7.69. The van der Waals surface area contributed by atoms with E-state index in [4.69, 9.17) is 5.26 Å². The Kier molecular flexibility index (Phi) is 9.21. The van der Waals surface area contributed by atoms with Crippen LogP contribution in [0.1, 0.15) is 34.6 Å². The molecular formula is C26H29N5O2S. The lowest BCUT2D eigenvalue weighted by Crippen LogP contribution is -2.40. The molecule has 0 aliphatic rings. The highest BCUT2D eigenvalue weighted by atomic mass is 32.1. The lowest BCUT2D eigenvalue weighted by atomic mass is 10.1. The van der Waals surface area contributed by atoms with Crippen LogP contribution in [0.15, 0.2) is 66.0 Å². The van der Waals surface area contributed by atoms with Crippen molar-refractivity contribution in [1.82, 2.24) is 9.80 Å². The zero-order valence-electron chi connectivity index (χ0n) is 19.5. The number of likely N-dealkylation sites (N-methyl/N-ethyl adjacent to an activating group) is 1. The van der Waals surface area contributed by atoms with Gasteiger partial charge in [-0.1, -0.05) is 32.0 Å². The van der Waals surface area contributed by atoms with E-state index in [9.17, 15) is 9.59 Å². The molecule has 2 aromatic carbocycles. The number of anilines is 2. The minimum absolute atomic E-state index is 0.208. The van der Waals surface area contributed by atoms with Gasteiger partial charge in [0.2, 0.25) is 0 Å². The van der Waals surface area contributed by atoms with E-state index in [1.54, 1.807) is 64.8 Å². The average Bonchev–Trinajstić information content (AvgIpc) is 3.37. The molecule has 3 amide bonds. The van der Waals surface area contributed by atoms with Crippen molar-refractivity contribution in [2.24, 2.45) is 0 Å². The second-order valence-corrected chi connectivity index (χ2v) is 8.72. The number of carbonyl (C=O) groups excluding carboxylic acids is 2. The normalized spacial score (nSPS) is 10.5. The number of nitriles is 1. The fourth-order valence-electron chi connectivity index (χ4n) is 3.46. The van der Waals surface area contributed by atoms with E-state index >= 15 is 0 Å². The van der Waals surface area contributed by atoms with Crippen molar-refractivity contribution in [3.63, 3.8) is 0 Å². The first kappa shape index (κ1) is 25.0. The number of thiophene rings is 1. The van der Waals surface area contributed by atoms with Gasteiger partial charge in [0.15, 0.2) is 0 Å². The second kappa shape index (κ2) is 12.5. The molecule has 1 aromatic heterocycles. The molecule has 0 bridgehead atoms. The first-order valence-corrected chi connectivity index (χ1v) is 12.1. The predicted octanol–water partition coefficient (Wildman–Crippen LogP) is 5.25. The molecule has 0 aliphatic carbocycles. The first-order valence-electron chi connectivity index (χ1n) is 11.2. The number of nitrogens with zero attached hydrogens (tertiary/aromatic N) is 3. The number of benzene rings is 2. The van der Waals surface area contributed by atoms with Crippen molar-refractivity contribution in [2.75, 3.05) is 36.8 Å². The Labute approximate surface area is 204 Å². The zero-order valence-corrected chi connectivity index (χ0v) is 20.3. The molecule has 8 heteroatoms. The summed E-state index contributed by atoms with van der Waals surface area (Å²) < 4.78 is 0. The molecule has 0 radical (unpaired) electrons. The van der Waals surface area contributed by atoms with E-state index in [0.29, 0.717) is 35.6 Å². The Bertz CT molecular complexity index is 1140. The predicted molar refractivity (Wildman–Crippen MR) is 137 cm³/mol. The summed E-state index contributed by atoms with van der Waals surface area (Å²) >= 11 is 1.62. The molecule has 34 heavy (non-hydrogen) atoms. The maximum Gasteiger partial charge on any atom is 0.322 e. The molecule has 3 aromatic rings. The molecule has 0 spiro atoms. The maximum absolute atomic E-state index is 13.1. The summed E-state index contributed by atoms with van der Waals surface area (Å²) in [5.74, 6) is -0.317. The molecule has 0 saturated carbocycles. The third kappa shape index (κ3) is 7.17. The van der Waals surface area contributed by atoms with Gasteiger partial charge in [-0.3, -0.25) is 4.79 Å². The third-order valence-corrected chi connectivity index (χ3v) is 6.28. The van der Waals surface area contributed by atoms with Crippen molar-refractivity contribution < 1.29 is 9.59 Å². The van der Waals surface area contributed by atoms with Gasteiger partial charge in [-0.2, -0.15) is 5.26 Å². The van der Waals surface area contributed by atoms with Crippen LogP contribution in [0.2, 0.25) is 0 Å². The fourth-order valence-corrected chi connectivity index (χ4v) is 4.17. The van der Waals surface area contributed by atoms with Gasteiger partial charge >= 0.3 is 6.03 Å². The molecule has 0 fully saturated rings. The number of urea groups is 1. The van der Waals surface area contributed by atoms with Gasteiger partial charge in [0.1, 0.15) is 0 Å². The van der Waals surface area contributed by atoms with E-state index < -0.39 is 0 Å². The number of hydrogen-bond donors (Lipinski definition) is 2. The third-order valence-electron chi connectivity index (χ3n) is 5.42. The highest BCUT2D eigenvalue weighted by molar-refractivity contribution is 7.09. The van der Waals surface area contributed by atoms with Crippen LogP contribution >= 0.6 is 11.3 Å². The van der Waals surface area contributed by atoms with Crippen LogP contribution in [-0.4, -0.2) is 47.9 Å². The van der Waals surface area contributed by atoms with E-state index in [1.807, 2.05) is 17.5 Å². The largest absolute Gasteiger partial charge is 0.322 e. The summed E-state index contributed by atoms with van der Waals surface area (Å²) in [5, 5.41) is 16.8. The first-order chi connectivity index (χ1) is 16.5. The summed E-state index contributed by atoms with van der Waals surface area (Å²) in [6.07, 6.45) is 0. The summed E-state index contributed by atoms with van der Waals surface area (Å²) in [4.78, 5) is 31.0. The van der Waals surface area contributed by atoms with Crippen LogP contribution in [0.4, 0.5) is 16.2 Å². The number of rotatable bonds is 10. The van der Waals surface area contributed by atoms with E-state index in [2.05, 4.69) is 35.5 Å². The lowest BCUT2D eigenvalue weighted by Gasteiger charge is -2.26. The van der Waals surface area contributed by atoms with E-state index in [-0.39, 0.29) is 11.9 Å². The molecule has 0 atom stereocenters. The summed E-state index contributed by atoms with van der Waals surface area (Å²) in [6, 6.07) is 19.4. The van der Waals surface area contributed by atoms with Crippen molar-refractivity contribution in [2.45, 2.75) is 20.4 Å². The monoisotopic (exact) mass is 475 g/mol. The molecule has 2 N–H and O–H groups in total. The number of nitrogens with one attached hydrogen (secondary N) is 2. The molecular weight excluding hydrogens is 446 g/mol. The average molecular weight is 476 g/mol. The summed E-state index contributed by atoms with van der Waals surface area (Å²) in [5.41, 5.74) is 1.96. The van der Waals surface area contributed by atoms with Crippen LogP contribution in [-0.2, 0) is 6.54 Å². The lowest BCUT2D eigenvalue weighted by molar-refractivity contribution is 0.102. The van der Waals surface area contributed by atoms with Gasteiger partial charge in [-0.05, 0) is 60.9 Å². The summed E-state index contributed by atoms with van der Waals surface area (Å²) in [6.45, 7) is 8.00. The fraction of sp³-hybridized carbons (Fsp3) is 0.269. The standard InChI is InChI=1S/C26H29N5O2S/c1-3-30(4-2)13-14-31(19-24-12-7-15-34-24)26(33)29-23-11-6-9-21(17-23)25(32)28-22-10-5-8-20(16-22)18-27/h5-12,15-17H,3-4,13-14,19H2,1-2H3,(H,28,32)(H,29,33). The highest BCUT2D eigenvalue weighted by Gasteiger charge is 2.17. The number of amides is 3. The highest BCUT2D eigenvalue weighted by Crippen LogP contribution is 2.17. The molecule has 0 unspecified atom stereocenters. The Balaban J connectivity index is 1.69. The topological polar surface area (TPSA) is 88.5 Å². The van der Waals surface area contributed by atoms with E-state index in [1.165, 1.54) is 0 Å². The summed E-state index contributed by atoms with van der Waals surface area (Å²) in [7, 11) is 0. The maximum atomic E-state index is 13.1. The van der Waals surface area contributed by atoms with Crippen LogP contribution < -0.4 is 10.6 Å². The SMILES string of the molecule is CCN(CC)CCN(Cc1cccs1)C(=O)Nc1cccc(C(=O)Nc2cccc(C#N)c2)c1. The minimum atomic E-state index is -0.317. The number of hydrogen-bond acceptors (Lipinski definition) is 5. The quantitative estimate of drug-likeness (QED) is 0.419. The van der Waals surface area contributed by atoms with Gasteiger partial charge in [0.25, 0.3) is 5.91 Å².